The van der Waals surface area contributed by atoms with Crippen LogP contribution in [0.1, 0.15) is 12.8 Å². The standard InChI is InChI=1S/C17H19ClN6O3S2/c18-11-1-4-13(14(9-11)24(26)27)22-5-7-23(8-6-22)15(25)10-28-17-21-20-16(29-17)19-12-2-3-12/h1,4,9,12H,2-3,5-8,10H2,(H,19,20). The Hall–Kier alpha value is -2.11. The fourth-order valence-corrected chi connectivity index (χ4v) is 4.95. The van der Waals surface area contributed by atoms with E-state index >= 15 is 0 Å². The van der Waals surface area contributed by atoms with Gasteiger partial charge in [0.25, 0.3) is 5.69 Å². The van der Waals surface area contributed by atoms with Crippen LogP contribution in [0.15, 0.2) is 22.5 Å². The Morgan fingerprint density at radius 3 is 2.76 bits per heavy atom. The van der Waals surface area contributed by atoms with E-state index in [9.17, 15) is 14.9 Å². The van der Waals surface area contributed by atoms with Gasteiger partial charge in [-0.2, -0.15) is 0 Å². The third-order valence-electron chi connectivity index (χ3n) is 4.74. The summed E-state index contributed by atoms with van der Waals surface area (Å²) in [5.74, 6) is 0.339. The van der Waals surface area contributed by atoms with Crippen LogP contribution >= 0.6 is 34.7 Å². The van der Waals surface area contributed by atoms with Crippen molar-refractivity contribution in [3.8, 4) is 0 Å². The predicted molar refractivity (Wildman–Crippen MR) is 114 cm³/mol. The van der Waals surface area contributed by atoms with E-state index in [2.05, 4.69) is 15.5 Å². The highest BCUT2D eigenvalue weighted by Gasteiger charge is 2.26. The zero-order valence-electron chi connectivity index (χ0n) is 15.4. The molecule has 1 aromatic heterocycles. The fraction of sp³-hybridized carbons (Fsp3) is 0.471. The van der Waals surface area contributed by atoms with Gasteiger partial charge >= 0.3 is 0 Å². The topological polar surface area (TPSA) is 104 Å². The number of piperazine rings is 1. The van der Waals surface area contributed by atoms with Gasteiger partial charge in [-0.15, -0.1) is 10.2 Å². The number of hydrogen-bond acceptors (Lipinski definition) is 9. The fourth-order valence-electron chi connectivity index (χ4n) is 3.05. The van der Waals surface area contributed by atoms with E-state index < -0.39 is 4.92 Å². The summed E-state index contributed by atoms with van der Waals surface area (Å²) in [7, 11) is 0. The van der Waals surface area contributed by atoms with Gasteiger partial charge in [-0.3, -0.25) is 14.9 Å². The number of carbonyl (C=O) groups is 1. The molecule has 2 fully saturated rings. The van der Waals surface area contributed by atoms with Gasteiger partial charge in [-0.25, -0.2) is 0 Å². The summed E-state index contributed by atoms with van der Waals surface area (Å²) in [5, 5.41) is 24.0. The second-order valence-electron chi connectivity index (χ2n) is 6.84. The highest BCUT2D eigenvalue weighted by molar-refractivity contribution is 8.01. The number of nitrogens with one attached hydrogen (secondary N) is 1. The molecule has 4 rings (SSSR count). The summed E-state index contributed by atoms with van der Waals surface area (Å²) < 4.78 is 0.775. The molecule has 0 spiro atoms. The molecule has 1 N–H and O–H groups in total. The van der Waals surface area contributed by atoms with Gasteiger partial charge < -0.3 is 15.1 Å². The lowest BCUT2D eigenvalue weighted by Crippen LogP contribution is -2.49. The van der Waals surface area contributed by atoms with Gasteiger partial charge in [0, 0.05) is 43.3 Å². The van der Waals surface area contributed by atoms with Crippen molar-refractivity contribution < 1.29 is 9.72 Å². The lowest BCUT2D eigenvalue weighted by Gasteiger charge is -2.35. The van der Waals surface area contributed by atoms with E-state index in [0.29, 0.717) is 48.7 Å². The predicted octanol–water partition coefficient (Wildman–Crippen LogP) is 3.11. The third kappa shape index (κ3) is 5.09. The zero-order chi connectivity index (χ0) is 20.4. The molecule has 1 aliphatic carbocycles. The second-order valence-corrected chi connectivity index (χ2v) is 9.47. The summed E-state index contributed by atoms with van der Waals surface area (Å²) in [6.07, 6.45) is 2.34. The average Bonchev–Trinajstić information content (AvgIpc) is 3.42. The van der Waals surface area contributed by atoms with Gasteiger partial charge in [0.15, 0.2) is 4.34 Å². The Kier molecular flexibility index (Phi) is 6.07. The molecule has 2 heterocycles. The van der Waals surface area contributed by atoms with Crippen LogP contribution in [0.4, 0.5) is 16.5 Å². The molecule has 1 amide bonds. The molecular formula is C17H19ClN6O3S2. The SMILES string of the molecule is O=C(CSc1nnc(NC2CC2)s1)N1CCN(c2ccc(Cl)cc2[N+](=O)[O-])CC1. The van der Waals surface area contributed by atoms with Crippen molar-refractivity contribution in [1.82, 2.24) is 15.1 Å². The summed E-state index contributed by atoms with van der Waals surface area (Å²) in [5.41, 5.74) is 0.519. The molecule has 0 unspecified atom stereocenters. The second kappa shape index (κ2) is 8.72. The van der Waals surface area contributed by atoms with Crippen LogP contribution in [0.2, 0.25) is 5.02 Å². The molecule has 1 aliphatic heterocycles. The Morgan fingerprint density at radius 1 is 1.31 bits per heavy atom. The van der Waals surface area contributed by atoms with Crippen LogP contribution in [-0.4, -0.2) is 63.9 Å². The number of benzene rings is 1. The Bertz CT molecular complexity index is 914. The summed E-state index contributed by atoms with van der Waals surface area (Å²) in [6, 6.07) is 5.19. The highest BCUT2D eigenvalue weighted by Crippen LogP contribution is 2.32. The molecule has 0 atom stereocenters. The molecule has 1 saturated heterocycles. The maximum Gasteiger partial charge on any atom is 0.294 e. The smallest absolute Gasteiger partial charge is 0.294 e. The molecule has 2 aliphatic rings. The van der Waals surface area contributed by atoms with Gasteiger partial charge in [-0.05, 0) is 25.0 Å². The molecule has 12 heteroatoms. The molecule has 0 radical (unpaired) electrons. The molecule has 154 valence electrons. The minimum atomic E-state index is -0.427. The molecule has 9 nitrogen and oxygen atoms in total. The first-order valence-electron chi connectivity index (χ1n) is 9.19. The first-order valence-corrected chi connectivity index (χ1v) is 11.4. The maximum atomic E-state index is 12.5. The minimum absolute atomic E-state index is 0.0142. The highest BCUT2D eigenvalue weighted by atomic mass is 35.5. The van der Waals surface area contributed by atoms with Crippen molar-refractivity contribution in [1.29, 1.82) is 0 Å². The number of aromatic nitrogens is 2. The van der Waals surface area contributed by atoms with E-state index in [0.717, 1.165) is 9.47 Å². The number of hydrogen-bond donors (Lipinski definition) is 1. The van der Waals surface area contributed by atoms with E-state index in [1.165, 1.54) is 42.0 Å². The number of nitro benzene ring substituents is 1. The number of thioether (sulfide) groups is 1. The molecule has 2 aromatic rings. The lowest BCUT2D eigenvalue weighted by molar-refractivity contribution is -0.384. The largest absolute Gasteiger partial charge is 0.362 e. The van der Waals surface area contributed by atoms with Crippen LogP contribution in [-0.2, 0) is 4.79 Å². The van der Waals surface area contributed by atoms with Crippen molar-refractivity contribution in [3.05, 3.63) is 33.3 Å². The Labute approximate surface area is 180 Å². The van der Waals surface area contributed by atoms with Gasteiger partial charge in [0.1, 0.15) is 5.69 Å². The van der Waals surface area contributed by atoms with Crippen LogP contribution in [0, 0.1) is 10.1 Å². The van der Waals surface area contributed by atoms with Crippen molar-refractivity contribution in [2.24, 2.45) is 0 Å². The third-order valence-corrected chi connectivity index (χ3v) is 6.95. The minimum Gasteiger partial charge on any atom is -0.362 e. The summed E-state index contributed by atoms with van der Waals surface area (Å²) in [6.45, 7) is 2.11. The number of carbonyl (C=O) groups excluding carboxylic acids is 1. The van der Waals surface area contributed by atoms with Crippen molar-refractivity contribution in [2.75, 3.05) is 42.1 Å². The van der Waals surface area contributed by atoms with E-state index in [1.807, 2.05) is 4.90 Å². The van der Waals surface area contributed by atoms with E-state index in [1.54, 1.807) is 17.0 Å². The van der Waals surface area contributed by atoms with Gasteiger partial charge in [0.2, 0.25) is 11.0 Å². The zero-order valence-corrected chi connectivity index (χ0v) is 17.8. The number of amides is 1. The summed E-state index contributed by atoms with van der Waals surface area (Å²) >= 11 is 8.75. The number of anilines is 2. The van der Waals surface area contributed by atoms with Crippen molar-refractivity contribution in [3.63, 3.8) is 0 Å². The van der Waals surface area contributed by atoms with Crippen LogP contribution in [0.5, 0.6) is 0 Å². The Morgan fingerprint density at radius 2 is 2.07 bits per heavy atom. The monoisotopic (exact) mass is 454 g/mol. The normalized spacial score (nSPS) is 16.7. The van der Waals surface area contributed by atoms with Gasteiger partial charge in [-0.1, -0.05) is 34.7 Å². The number of nitro groups is 1. The molecule has 1 saturated carbocycles. The van der Waals surface area contributed by atoms with Crippen molar-refractivity contribution in [2.45, 2.75) is 23.2 Å². The van der Waals surface area contributed by atoms with Gasteiger partial charge in [0.05, 0.1) is 10.7 Å². The molecule has 0 bridgehead atoms. The van der Waals surface area contributed by atoms with Crippen molar-refractivity contribution >= 4 is 57.1 Å². The average molecular weight is 455 g/mol. The molecule has 1 aromatic carbocycles. The van der Waals surface area contributed by atoms with Crippen LogP contribution < -0.4 is 10.2 Å². The van der Waals surface area contributed by atoms with E-state index in [4.69, 9.17) is 11.6 Å². The Balaban J connectivity index is 1.28. The molecule has 29 heavy (non-hydrogen) atoms. The lowest BCUT2D eigenvalue weighted by atomic mass is 10.2. The van der Waals surface area contributed by atoms with Crippen LogP contribution in [0.25, 0.3) is 0 Å². The van der Waals surface area contributed by atoms with Crippen LogP contribution in [0.3, 0.4) is 0 Å². The quantitative estimate of drug-likeness (QED) is 0.386. The van der Waals surface area contributed by atoms with E-state index in [-0.39, 0.29) is 11.6 Å². The number of halogens is 1. The summed E-state index contributed by atoms with van der Waals surface area (Å²) in [4.78, 5) is 27.1. The first-order chi connectivity index (χ1) is 14.0. The number of rotatable bonds is 7. The maximum absolute atomic E-state index is 12.5. The molecular weight excluding hydrogens is 436 g/mol. The first kappa shape index (κ1) is 20.2. The number of nitrogens with zero attached hydrogens (tertiary/aromatic N) is 5.